The number of fused-ring (bicyclic) bond motifs is 1. The minimum absolute atomic E-state index is 0. The van der Waals surface area contributed by atoms with Crippen molar-refractivity contribution in [3.63, 3.8) is 0 Å². The average Bonchev–Trinajstić information content (AvgIpc) is 2.33. The fraction of sp³-hybridized carbons (Fsp3) is 0. The Morgan fingerprint density at radius 3 is 2.90 bits per heavy atom. The zero-order valence-corrected chi connectivity index (χ0v) is 7.49. The van der Waals surface area contributed by atoms with Gasteiger partial charge in [-0.15, -0.1) is 12.1 Å². The zero-order valence-electron chi connectivity index (χ0n) is 5.09. The Balaban J connectivity index is 0.000000500. The third kappa shape index (κ3) is 1.10. The van der Waals surface area contributed by atoms with E-state index in [0.717, 1.165) is 11.0 Å². The van der Waals surface area contributed by atoms with E-state index in [1.165, 1.54) is 0 Å². The standard InChI is InChI=1S/C7H5N2.Ir/c1-2-4-7-6(3-1)8-5-9-7;/h1-4H,(H,8,9);/q-1;. The van der Waals surface area contributed by atoms with Gasteiger partial charge in [0.25, 0.3) is 0 Å². The number of hydrogen-bond donors (Lipinski definition) is 1. The first-order valence-corrected chi connectivity index (χ1v) is 2.77. The minimum Gasteiger partial charge on any atom is -0.461 e. The second kappa shape index (κ2) is 2.95. The van der Waals surface area contributed by atoms with E-state index in [4.69, 9.17) is 0 Å². The van der Waals surface area contributed by atoms with E-state index in [0.29, 0.717) is 0 Å². The van der Waals surface area contributed by atoms with Crippen LogP contribution in [-0.4, -0.2) is 9.97 Å². The van der Waals surface area contributed by atoms with Crippen LogP contribution in [0.4, 0.5) is 0 Å². The van der Waals surface area contributed by atoms with Gasteiger partial charge in [0.05, 0.1) is 0 Å². The van der Waals surface area contributed by atoms with Crippen molar-refractivity contribution in [2.45, 2.75) is 0 Å². The number of nitrogens with one attached hydrogen (secondary N) is 1. The van der Waals surface area contributed by atoms with Gasteiger partial charge in [0, 0.05) is 20.1 Å². The number of imidazole rings is 1. The van der Waals surface area contributed by atoms with Crippen molar-refractivity contribution in [2.24, 2.45) is 0 Å². The second-order valence-electron chi connectivity index (χ2n) is 1.87. The van der Waals surface area contributed by atoms with Crippen molar-refractivity contribution < 1.29 is 20.1 Å². The first-order valence-electron chi connectivity index (χ1n) is 2.77. The summed E-state index contributed by atoms with van der Waals surface area (Å²) in [5.41, 5.74) is 2.01. The quantitative estimate of drug-likeness (QED) is 0.732. The number of benzene rings is 1. The van der Waals surface area contributed by atoms with E-state index in [1.54, 1.807) is 0 Å². The maximum absolute atomic E-state index is 3.94. The fourth-order valence-electron chi connectivity index (χ4n) is 0.825. The maximum atomic E-state index is 3.94. The molecule has 2 aromatic rings. The number of H-pyrrole nitrogens is 1. The Labute approximate surface area is 72.0 Å². The van der Waals surface area contributed by atoms with E-state index in [2.05, 4.69) is 16.3 Å². The van der Waals surface area contributed by atoms with E-state index in [1.807, 2.05) is 24.3 Å². The fourth-order valence-corrected chi connectivity index (χ4v) is 0.825. The molecule has 1 aromatic heterocycles. The third-order valence-corrected chi connectivity index (χ3v) is 1.27. The van der Waals surface area contributed by atoms with Crippen LogP contribution >= 0.6 is 0 Å². The first kappa shape index (κ1) is 7.45. The van der Waals surface area contributed by atoms with E-state index < -0.39 is 0 Å². The predicted molar refractivity (Wildman–Crippen MR) is 34.9 cm³/mol. The van der Waals surface area contributed by atoms with Crippen molar-refractivity contribution in [3.05, 3.63) is 30.6 Å². The second-order valence-corrected chi connectivity index (χ2v) is 1.87. The Kier molecular flexibility index (Phi) is 2.20. The molecule has 0 aliphatic heterocycles. The van der Waals surface area contributed by atoms with Crippen LogP contribution in [0.15, 0.2) is 24.3 Å². The molecule has 1 heterocycles. The summed E-state index contributed by atoms with van der Waals surface area (Å²) in [4.78, 5) is 6.82. The molecule has 2 nitrogen and oxygen atoms in total. The van der Waals surface area contributed by atoms with Crippen LogP contribution in [0, 0.1) is 6.33 Å². The van der Waals surface area contributed by atoms with Crippen LogP contribution in [0.2, 0.25) is 0 Å². The summed E-state index contributed by atoms with van der Waals surface area (Å²) in [5, 5.41) is 0. The monoisotopic (exact) mass is 310 g/mol. The van der Waals surface area contributed by atoms with Gasteiger partial charge in [-0.2, -0.15) is 0 Å². The smallest absolute Gasteiger partial charge is 0 e. The van der Waals surface area contributed by atoms with E-state index >= 15 is 0 Å². The number of rotatable bonds is 0. The number of aromatic nitrogens is 2. The van der Waals surface area contributed by atoms with Gasteiger partial charge in [-0.3, -0.25) is 0 Å². The molecule has 0 atom stereocenters. The summed E-state index contributed by atoms with van der Waals surface area (Å²) >= 11 is 0. The molecule has 53 valence electrons. The third-order valence-electron chi connectivity index (χ3n) is 1.27. The van der Waals surface area contributed by atoms with Gasteiger partial charge < -0.3 is 9.97 Å². The molecule has 0 aliphatic carbocycles. The summed E-state index contributed by atoms with van der Waals surface area (Å²) in [6.45, 7) is 0. The van der Waals surface area contributed by atoms with E-state index in [9.17, 15) is 0 Å². The Morgan fingerprint density at radius 2 is 2.10 bits per heavy atom. The molecule has 10 heavy (non-hydrogen) atoms. The topological polar surface area (TPSA) is 28.7 Å². The van der Waals surface area contributed by atoms with Crippen molar-refractivity contribution in [3.8, 4) is 0 Å². The molecule has 0 fully saturated rings. The number of hydrogen-bond acceptors (Lipinski definition) is 1. The zero-order chi connectivity index (χ0) is 6.10. The molecule has 0 bridgehead atoms. The summed E-state index contributed by atoms with van der Waals surface area (Å²) in [5.74, 6) is 0. The van der Waals surface area contributed by atoms with Crippen molar-refractivity contribution in [1.82, 2.24) is 9.97 Å². The summed E-state index contributed by atoms with van der Waals surface area (Å²) in [6, 6.07) is 7.84. The molecule has 0 unspecified atom stereocenters. The first-order chi connectivity index (χ1) is 4.47. The van der Waals surface area contributed by atoms with Crippen LogP contribution in [0.1, 0.15) is 0 Å². The van der Waals surface area contributed by atoms with E-state index in [-0.39, 0.29) is 20.1 Å². The van der Waals surface area contributed by atoms with Crippen molar-refractivity contribution >= 4 is 11.0 Å². The van der Waals surface area contributed by atoms with Crippen molar-refractivity contribution in [1.29, 1.82) is 0 Å². The maximum Gasteiger partial charge on any atom is 0 e. The molecular formula is C7H5IrN2-. The molecule has 1 N–H and O–H groups in total. The molecule has 0 aliphatic rings. The summed E-state index contributed by atoms with van der Waals surface area (Å²) in [6.07, 6.45) is 2.66. The number of nitrogens with zero attached hydrogens (tertiary/aromatic N) is 1. The van der Waals surface area contributed by atoms with Crippen LogP contribution in [0.5, 0.6) is 0 Å². The van der Waals surface area contributed by atoms with Gasteiger partial charge in [-0.05, 0) is 6.33 Å². The van der Waals surface area contributed by atoms with Gasteiger partial charge in [-0.1, -0.05) is 23.2 Å². The Morgan fingerprint density at radius 1 is 1.30 bits per heavy atom. The molecule has 1 radical (unpaired) electrons. The average molecular weight is 309 g/mol. The molecule has 0 amide bonds. The molecule has 3 heteroatoms. The largest absolute Gasteiger partial charge is 0.461 e. The summed E-state index contributed by atoms with van der Waals surface area (Å²) in [7, 11) is 0. The molecule has 0 saturated carbocycles. The SMILES string of the molecule is [Ir].[c-]1nc2ccccc2[nH]1. The Bertz CT molecular complexity index is 286. The van der Waals surface area contributed by atoms with Crippen LogP contribution in [0.25, 0.3) is 11.0 Å². The molecule has 0 spiro atoms. The van der Waals surface area contributed by atoms with Gasteiger partial charge in [0.15, 0.2) is 0 Å². The van der Waals surface area contributed by atoms with Crippen LogP contribution in [0.3, 0.4) is 0 Å². The molecular weight excluding hydrogens is 304 g/mol. The van der Waals surface area contributed by atoms with Crippen LogP contribution < -0.4 is 0 Å². The van der Waals surface area contributed by atoms with Gasteiger partial charge >= 0.3 is 0 Å². The number of aromatic amines is 1. The predicted octanol–water partition coefficient (Wildman–Crippen LogP) is 1.36. The minimum atomic E-state index is 0. The Hall–Kier alpha value is -0.661. The van der Waals surface area contributed by atoms with Gasteiger partial charge in [-0.25, -0.2) is 0 Å². The van der Waals surface area contributed by atoms with Crippen LogP contribution in [-0.2, 0) is 20.1 Å². The molecule has 0 saturated heterocycles. The normalized spacial score (nSPS) is 9.20. The van der Waals surface area contributed by atoms with Gasteiger partial charge in [0.1, 0.15) is 0 Å². The molecule has 2 rings (SSSR count). The summed E-state index contributed by atoms with van der Waals surface area (Å²) < 4.78 is 0. The van der Waals surface area contributed by atoms with Gasteiger partial charge in [0.2, 0.25) is 0 Å². The van der Waals surface area contributed by atoms with Crippen molar-refractivity contribution in [2.75, 3.05) is 0 Å². The molecule has 1 aromatic carbocycles. The number of para-hydroxylation sites is 2.